The van der Waals surface area contributed by atoms with Gasteiger partial charge in [-0.05, 0) is 73.7 Å². The van der Waals surface area contributed by atoms with E-state index in [9.17, 15) is 0 Å². The van der Waals surface area contributed by atoms with Crippen LogP contribution in [0.5, 0.6) is 0 Å². The summed E-state index contributed by atoms with van der Waals surface area (Å²) in [6.07, 6.45) is 10.7. The van der Waals surface area contributed by atoms with E-state index < -0.39 is 0 Å². The van der Waals surface area contributed by atoms with E-state index in [1.165, 1.54) is 16.7 Å². The number of pyridine rings is 2. The van der Waals surface area contributed by atoms with Gasteiger partial charge in [-0.3, -0.25) is 14.9 Å². The quantitative estimate of drug-likeness (QED) is 0.492. The van der Waals surface area contributed by atoms with Gasteiger partial charge in [0.2, 0.25) is 0 Å². The van der Waals surface area contributed by atoms with Crippen LogP contribution >= 0.6 is 0 Å². The third-order valence-corrected chi connectivity index (χ3v) is 6.47. The topological polar surface area (TPSA) is 62.0 Å². The summed E-state index contributed by atoms with van der Waals surface area (Å²) in [5.74, 6) is 0. The van der Waals surface area contributed by atoms with E-state index in [4.69, 9.17) is 10.00 Å². The molecule has 0 saturated carbocycles. The second kappa shape index (κ2) is 10.5. The Balaban J connectivity index is 1.55. The maximum absolute atomic E-state index is 9.06. The van der Waals surface area contributed by atoms with Crippen LogP contribution < -0.4 is 0 Å². The van der Waals surface area contributed by atoms with Crippen LogP contribution in [0.4, 0.5) is 0 Å². The number of nitrogens with zero attached hydrogens (tertiary/aromatic N) is 4. The van der Waals surface area contributed by atoms with Crippen LogP contribution in [-0.4, -0.2) is 41.2 Å². The summed E-state index contributed by atoms with van der Waals surface area (Å²) in [5, 5.41) is 9.06. The highest BCUT2D eigenvalue weighted by Crippen LogP contribution is 2.41. The third kappa shape index (κ3) is 5.21. The molecule has 0 N–H and O–H groups in total. The summed E-state index contributed by atoms with van der Waals surface area (Å²) in [7, 11) is 0. The SMILES string of the molecule is CCOC[C@@]1(CCc2ccc(C#N)cc2)CCN(C(c2cccnc2)c2cccnc2)C1. The van der Waals surface area contributed by atoms with Crippen LogP contribution in [0.2, 0.25) is 0 Å². The van der Waals surface area contributed by atoms with Gasteiger partial charge < -0.3 is 4.74 Å². The Labute approximate surface area is 190 Å². The molecular weight excluding hydrogens is 396 g/mol. The summed E-state index contributed by atoms with van der Waals surface area (Å²) in [4.78, 5) is 11.3. The number of rotatable bonds is 9. The number of hydrogen-bond donors (Lipinski definition) is 0. The number of aromatic nitrogens is 2. The zero-order chi connectivity index (χ0) is 22.2. The fourth-order valence-corrected chi connectivity index (χ4v) is 4.75. The van der Waals surface area contributed by atoms with E-state index in [1.807, 2.05) is 49.1 Å². The molecule has 5 heteroatoms. The van der Waals surface area contributed by atoms with Crippen LogP contribution in [0.1, 0.15) is 48.1 Å². The first-order chi connectivity index (χ1) is 15.7. The van der Waals surface area contributed by atoms with Crippen molar-refractivity contribution in [1.82, 2.24) is 14.9 Å². The molecule has 4 rings (SSSR count). The predicted octanol–water partition coefficient (Wildman–Crippen LogP) is 4.80. The molecule has 1 aromatic carbocycles. The number of aryl methyl sites for hydroxylation is 1. The fourth-order valence-electron chi connectivity index (χ4n) is 4.75. The average Bonchev–Trinajstić information content (AvgIpc) is 3.27. The molecule has 0 unspecified atom stereocenters. The van der Waals surface area contributed by atoms with Crippen molar-refractivity contribution in [2.24, 2.45) is 5.41 Å². The van der Waals surface area contributed by atoms with Crippen LogP contribution in [0, 0.1) is 16.7 Å². The lowest BCUT2D eigenvalue weighted by atomic mass is 9.82. The van der Waals surface area contributed by atoms with Crippen molar-refractivity contribution in [1.29, 1.82) is 5.26 Å². The first-order valence-electron chi connectivity index (χ1n) is 11.3. The normalized spacial score (nSPS) is 18.7. The summed E-state index contributed by atoms with van der Waals surface area (Å²) < 4.78 is 5.99. The van der Waals surface area contributed by atoms with Crippen molar-refractivity contribution in [3.63, 3.8) is 0 Å². The molecule has 1 atom stereocenters. The second-order valence-corrected chi connectivity index (χ2v) is 8.64. The molecule has 0 bridgehead atoms. The molecule has 164 valence electrons. The standard InChI is InChI=1S/C27H30N4O/c1-2-32-21-27(12-11-22-7-9-23(17-28)10-8-22)13-16-31(20-27)26(24-5-3-14-29-18-24)25-6-4-15-30-19-25/h3-10,14-15,18-19,26H,2,11-13,16,20-21H2,1H3/t27-/m0/s1. The maximum Gasteiger partial charge on any atom is 0.0991 e. The Morgan fingerprint density at radius 3 is 2.31 bits per heavy atom. The number of benzene rings is 1. The molecule has 3 aromatic rings. The molecule has 1 saturated heterocycles. The van der Waals surface area contributed by atoms with E-state index in [2.05, 4.69) is 52.1 Å². The van der Waals surface area contributed by atoms with Gasteiger partial charge in [0.1, 0.15) is 0 Å². The van der Waals surface area contributed by atoms with Gasteiger partial charge in [0.15, 0.2) is 0 Å². The van der Waals surface area contributed by atoms with E-state index in [0.29, 0.717) is 5.56 Å². The molecule has 0 amide bonds. The van der Waals surface area contributed by atoms with Crippen LogP contribution in [0.15, 0.2) is 73.3 Å². The van der Waals surface area contributed by atoms with Gasteiger partial charge in [-0.15, -0.1) is 0 Å². The molecule has 0 radical (unpaired) electrons. The fraction of sp³-hybridized carbons (Fsp3) is 0.370. The molecule has 5 nitrogen and oxygen atoms in total. The Hall–Kier alpha value is -3.07. The molecular formula is C27H30N4O. The van der Waals surface area contributed by atoms with Crippen LogP contribution in [0.3, 0.4) is 0 Å². The second-order valence-electron chi connectivity index (χ2n) is 8.64. The number of nitriles is 1. The highest BCUT2D eigenvalue weighted by atomic mass is 16.5. The van der Waals surface area contributed by atoms with E-state index in [-0.39, 0.29) is 11.5 Å². The minimum Gasteiger partial charge on any atom is -0.381 e. The smallest absolute Gasteiger partial charge is 0.0991 e. The molecule has 32 heavy (non-hydrogen) atoms. The predicted molar refractivity (Wildman–Crippen MR) is 125 cm³/mol. The van der Waals surface area contributed by atoms with Crippen molar-refractivity contribution >= 4 is 0 Å². The van der Waals surface area contributed by atoms with Gasteiger partial charge >= 0.3 is 0 Å². The largest absolute Gasteiger partial charge is 0.381 e. The van der Waals surface area contributed by atoms with Crippen molar-refractivity contribution in [2.75, 3.05) is 26.3 Å². The highest BCUT2D eigenvalue weighted by molar-refractivity contribution is 5.32. The van der Waals surface area contributed by atoms with Gasteiger partial charge in [0.05, 0.1) is 24.3 Å². The van der Waals surface area contributed by atoms with Crippen molar-refractivity contribution in [3.05, 3.63) is 95.6 Å². The molecule has 0 aliphatic carbocycles. The minimum atomic E-state index is 0.104. The third-order valence-electron chi connectivity index (χ3n) is 6.47. The van der Waals surface area contributed by atoms with E-state index in [0.717, 1.165) is 45.6 Å². The Morgan fingerprint density at radius 2 is 1.75 bits per heavy atom. The van der Waals surface area contributed by atoms with Crippen LogP contribution in [0.25, 0.3) is 0 Å². The van der Waals surface area contributed by atoms with Crippen molar-refractivity contribution in [3.8, 4) is 6.07 Å². The number of ether oxygens (including phenoxy) is 1. The Morgan fingerprint density at radius 1 is 1.06 bits per heavy atom. The zero-order valence-electron chi connectivity index (χ0n) is 18.7. The molecule has 0 spiro atoms. The lowest BCUT2D eigenvalue weighted by Gasteiger charge is -2.33. The van der Waals surface area contributed by atoms with Gasteiger partial charge in [0, 0.05) is 43.4 Å². The summed E-state index contributed by atoms with van der Waals surface area (Å²) in [5.41, 5.74) is 4.47. The first-order valence-corrected chi connectivity index (χ1v) is 11.3. The van der Waals surface area contributed by atoms with E-state index in [1.54, 1.807) is 0 Å². The average molecular weight is 427 g/mol. The Bertz CT molecular complexity index is 978. The van der Waals surface area contributed by atoms with Gasteiger partial charge in [-0.25, -0.2) is 0 Å². The van der Waals surface area contributed by atoms with Crippen LogP contribution in [-0.2, 0) is 11.2 Å². The minimum absolute atomic E-state index is 0.104. The number of likely N-dealkylation sites (tertiary alicyclic amines) is 1. The van der Waals surface area contributed by atoms with Crippen molar-refractivity contribution < 1.29 is 4.74 Å². The van der Waals surface area contributed by atoms with E-state index >= 15 is 0 Å². The molecule has 2 aromatic heterocycles. The molecule has 1 fully saturated rings. The molecule has 3 heterocycles. The lowest BCUT2D eigenvalue weighted by Crippen LogP contribution is -2.34. The lowest BCUT2D eigenvalue weighted by molar-refractivity contribution is 0.0473. The Kier molecular flexibility index (Phi) is 7.26. The van der Waals surface area contributed by atoms with Gasteiger partial charge in [-0.1, -0.05) is 24.3 Å². The molecule has 1 aliphatic rings. The van der Waals surface area contributed by atoms with Gasteiger partial charge in [0.25, 0.3) is 0 Å². The summed E-state index contributed by atoms with van der Waals surface area (Å²) in [6, 6.07) is 18.6. The monoisotopic (exact) mass is 426 g/mol. The first kappa shape index (κ1) is 22.1. The van der Waals surface area contributed by atoms with Crippen molar-refractivity contribution in [2.45, 2.75) is 32.2 Å². The van der Waals surface area contributed by atoms with Gasteiger partial charge in [-0.2, -0.15) is 5.26 Å². The zero-order valence-corrected chi connectivity index (χ0v) is 18.7. The number of hydrogen-bond acceptors (Lipinski definition) is 5. The molecule has 1 aliphatic heterocycles. The maximum atomic E-state index is 9.06. The summed E-state index contributed by atoms with van der Waals surface area (Å²) >= 11 is 0. The summed E-state index contributed by atoms with van der Waals surface area (Å²) in [6.45, 7) is 5.54. The highest BCUT2D eigenvalue weighted by Gasteiger charge is 2.41.